The number of ether oxygens (including phenoxy) is 1. The number of amides is 1. The van der Waals surface area contributed by atoms with Gasteiger partial charge in [0, 0.05) is 5.69 Å². The molecular formula is C12H9Cl2F4NO4. The number of esters is 1. The Hall–Kier alpha value is -1.58. The largest absolute Gasteiger partial charge is 0.467 e. The number of hydrogen-bond donors (Lipinski definition) is 2. The highest BCUT2D eigenvalue weighted by molar-refractivity contribution is 6.35. The van der Waals surface area contributed by atoms with Gasteiger partial charge in [-0.1, -0.05) is 11.6 Å². The summed E-state index contributed by atoms with van der Waals surface area (Å²) in [5, 5.41) is 8.30. The molecular weight excluding hydrogens is 369 g/mol. The molecule has 1 aromatic rings. The number of benzene rings is 1. The van der Waals surface area contributed by atoms with Gasteiger partial charge in [0.05, 0.1) is 12.1 Å². The van der Waals surface area contributed by atoms with E-state index in [-0.39, 0.29) is 10.7 Å². The van der Waals surface area contributed by atoms with Gasteiger partial charge in [0.1, 0.15) is 5.82 Å². The Bertz CT molecular complexity index is 626. The summed E-state index contributed by atoms with van der Waals surface area (Å²) in [5.74, 6) is -4.71. The first-order valence-corrected chi connectivity index (χ1v) is 6.54. The molecule has 2 atom stereocenters. The molecule has 5 nitrogen and oxygen atoms in total. The first kappa shape index (κ1) is 19.5. The molecule has 1 rings (SSSR count). The molecule has 0 aliphatic rings. The molecule has 2 N–H and O–H groups in total. The normalized spacial score (nSPS) is 15.5. The Balaban J connectivity index is 3.09. The molecule has 0 fully saturated rings. The standard InChI is InChI=1S/C12H9Cl2F4NO4/c1-23-10(21)11(22,12(16,17)18)8(14)9(20)19-5-2-3-6(13)7(15)4-5/h2-4,8,22H,1H3,(H,19,20)/t8-,11+/m1/s1. The van der Waals surface area contributed by atoms with Crippen molar-refractivity contribution in [1.82, 2.24) is 0 Å². The first-order chi connectivity index (χ1) is 10.4. The van der Waals surface area contributed by atoms with Gasteiger partial charge in [0.2, 0.25) is 5.91 Å². The lowest BCUT2D eigenvalue weighted by molar-refractivity contribution is -0.260. The van der Waals surface area contributed by atoms with Gasteiger partial charge in [-0.05, 0) is 18.2 Å². The summed E-state index contributed by atoms with van der Waals surface area (Å²) in [6.45, 7) is 0. The van der Waals surface area contributed by atoms with Gasteiger partial charge in [-0.3, -0.25) is 4.79 Å². The number of hydrogen-bond acceptors (Lipinski definition) is 4. The highest BCUT2D eigenvalue weighted by atomic mass is 35.5. The highest BCUT2D eigenvalue weighted by Gasteiger charge is 2.67. The summed E-state index contributed by atoms with van der Waals surface area (Å²) in [5.41, 5.74) is -4.56. The average Bonchev–Trinajstić information content (AvgIpc) is 2.47. The Kier molecular flexibility index (Phi) is 5.84. The van der Waals surface area contributed by atoms with Gasteiger partial charge in [-0.25, -0.2) is 9.18 Å². The number of carbonyl (C=O) groups is 2. The van der Waals surface area contributed by atoms with Gasteiger partial charge >= 0.3 is 12.1 Å². The van der Waals surface area contributed by atoms with Crippen LogP contribution in [0.3, 0.4) is 0 Å². The van der Waals surface area contributed by atoms with Crippen LogP contribution < -0.4 is 5.32 Å². The van der Waals surface area contributed by atoms with Crippen LogP contribution in [0.2, 0.25) is 5.02 Å². The van der Waals surface area contributed by atoms with Gasteiger partial charge in [-0.15, -0.1) is 11.6 Å². The molecule has 23 heavy (non-hydrogen) atoms. The number of nitrogens with one attached hydrogen (secondary N) is 1. The van der Waals surface area contributed by atoms with Crippen LogP contribution in [0.15, 0.2) is 18.2 Å². The predicted octanol–water partition coefficient (Wildman–Crippen LogP) is 2.49. The van der Waals surface area contributed by atoms with Crippen LogP contribution in [0.25, 0.3) is 0 Å². The minimum atomic E-state index is -5.59. The predicted molar refractivity (Wildman–Crippen MR) is 72.7 cm³/mol. The quantitative estimate of drug-likeness (QED) is 0.480. The fourth-order valence-electron chi connectivity index (χ4n) is 1.49. The molecule has 0 saturated carbocycles. The summed E-state index contributed by atoms with van der Waals surface area (Å²) in [6, 6.07) is 2.83. The topological polar surface area (TPSA) is 75.6 Å². The van der Waals surface area contributed by atoms with Crippen molar-refractivity contribution in [1.29, 1.82) is 0 Å². The van der Waals surface area contributed by atoms with E-state index in [1.165, 1.54) is 0 Å². The molecule has 0 radical (unpaired) electrons. The Labute approximate surface area is 137 Å². The van der Waals surface area contributed by atoms with Crippen LogP contribution in [0.5, 0.6) is 0 Å². The summed E-state index contributed by atoms with van der Waals surface area (Å²) in [6.07, 6.45) is -5.59. The van der Waals surface area contributed by atoms with Crippen LogP contribution in [-0.4, -0.2) is 41.2 Å². The molecule has 0 aliphatic carbocycles. The average molecular weight is 378 g/mol. The van der Waals surface area contributed by atoms with Crippen LogP contribution in [0.1, 0.15) is 0 Å². The highest BCUT2D eigenvalue weighted by Crippen LogP contribution is 2.37. The minimum Gasteiger partial charge on any atom is -0.467 e. The molecule has 0 spiro atoms. The zero-order valence-electron chi connectivity index (χ0n) is 11.2. The Morgan fingerprint density at radius 1 is 1.35 bits per heavy atom. The molecule has 0 unspecified atom stereocenters. The maximum atomic E-state index is 13.2. The van der Waals surface area contributed by atoms with Crippen molar-refractivity contribution in [3.8, 4) is 0 Å². The summed E-state index contributed by atoms with van der Waals surface area (Å²) < 4.78 is 55.8. The van der Waals surface area contributed by atoms with Crippen molar-refractivity contribution < 1.29 is 37.0 Å². The summed E-state index contributed by atoms with van der Waals surface area (Å²) >= 11 is 10.7. The first-order valence-electron chi connectivity index (χ1n) is 5.72. The van der Waals surface area contributed by atoms with Crippen molar-refractivity contribution in [3.63, 3.8) is 0 Å². The third-order valence-corrected chi connectivity index (χ3v) is 3.53. The number of alkyl halides is 4. The van der Waals surface area contributed by atoms with Crippen LogP contribution in [-0.2, 0) is 14.3 Å². The maximum absolute atomic E-state index is 13.2. The van der Waals surface area contributed by atoms with Gasteiger partial charge in [0.25, 0.3) is 5.60 Å². The summed E-state index contributed by atoms with van der Waals surface area (Å²) in [7, 11) is 0.579. The van der Waals surface area contributed by atoms with E-state index in [0.29, 0.717) is 13.2 Å². The van der Waals surface area contributed by atoms with Gasteiger partial charge < -0.3 is 15.2 Å². The maximum Gasteiger partial charge on any atom is 0.430 e. The third kappa shape index (κ3) is 3.85. The number of aliphatic hydroxyl groups is 1. The monoisotopic (exact) mass is 377 g/mol. The van der Waals surface area contributed by atoms with E-state index in [1.54, 1.807) is 0 Å². The fraction of sp³-hybridized carbons (Fsp3) is 0.333. The second-order valence-electron chi connectivity index (χ2n) is 4.24. The van der Waals surface area contributed by atoms with Crippen LogP contribution >= 0.6 is 23.2 Å². The van der Waals surface area contributed by atoms with E-state index >= 15 is 0 Å². The van der Waals surface area contributed by atoms with Gasteiger partial charge in [0.15, 0.2) is 5.38 Å². The second-order valence-corrected chi connectivity index (χ2v) is 5.08. The molecule has 0 saturated heterocycles. The molecule has 0 aliphatic heterocycles. The second kappa shape index (κ2) is 6.90. The number of halogens is 6. The number of rotatable bonds is 4. The molecule has 0 aromatic heterocycles. The van der Waals surface area contributed by atoms with Crippen molar-refractivity contribution in [2.75, 3.05) is 12.4 Å². The SMILES string of the molecule is COC(=O)[C@@](O)([C@H](Cl)C(=O)Nc1ccc(Cl)c(F)c1)C(F)(F)F. The van der Waals surface area contributed by atoms with E-state index < -0.39 is 34.8 Å². The summed E-state index contributed by atoms with van der Waals surface area (Å²) in [4.78, 5) is 23.0. The van der Waals surface area contributed by atoms with Crippen molar-refractivity contribution in [3.05, 3.63) is 29.0 Å². The van der Waals surface area contributed by atoms with E-state index in [1.807, 2.05) is 5.32 Å². The number of carbonyl (C=O) groups excluding carboxylic acids is 2. The molecule has 0 bridgehead atoms. The lowest BCUT2D eigenvalue weighted by Gasteiger charge is -2.30. The smallest absolute Gasteiger partial charge is 0.430 e. The van der Waals surface area contributed by atoms with E-state index in [0.717, 1.165) is 12.1 Å². The minimum absolute atomic E-state index is 0.281. The third-order valence-electron chi connectivity index (χ3n) is 2.71. The molecule has 128 valence electrons. The number of methoxy groups -OCH3 is 1. The Morgan fingerprint density at radius 2 is 1.91 bits per heavy atom. The Morgan fingerprint density at radius 3 is 2.35 bits per heavy atom. The fourth-order valence-corrected chi connectivity index (χ4v) is 1.87. The van der Waals surface area contributed by atoms with Crippen LogP contribution in [0, 0.1) is 5.82 Å². The molecule has 11 heteroatoms. The molecule has 1 aromatic carbocycles. The van der Waals surface area contributed by atoms with Gasteiger partial charge in [-0.2, -0.15) is 13.2 Å². The van der Waals surface area contributed by atoms with Crippen molar-refractivity contribution in [2.24, 2.45) is 0 Å². The zero-order chi connectivity index (χ0) is 18.0. The lowest BCUT2D eigenvalue weighted by atomic mass is 9.98. The van der Waals surface area contributed by atoms with Crippen molar-refractivity contribution in [2.45, 2.75) is 17.2 Å². The van der Waals surface area contributed by atoms with E-state index in [2.05, 4.69) is 4.74 Å². The van der Waals surface area contributed by atoms with E-state index in [9.17, 15) is 32.3 Å². The lowest BCUT2D eigenvalue weighted by Crippen LogP contribution is -2.62. The number of anilines is 1. The zero-order valence-corrected chi connectivity index (χ0v) is 12.8. The molecule has 0 heterocycles. The van der Waals surface area contributed by atoms with Crippen LogP contribution in [0.4, 0.5) is 23.2 Å². The van der Waals surface area contributed by atoms with E-state index in [4.69, 9.17) is 23.2 Å². The molecule has 1 amide bonds. The van der Waals surface area contributed by atoms with Crippen molar-refractivity contribution >= 4 is 40.8 Å².